The third-order valence-electron chi connectivity index (χ3n) is 2.98. The van der Waals surface area contributed by atoms with E-state index < -0.39 is 5.69 Å². The molecule has 19 heavy (non-hydrogen) atoms. The molecule has 0 radical (unpaired) electrons. The average Bonchev–Trinajstić information content (AvgIpc) is 3.17. The predicted molar refractivity (Wildman–Crippen MR) is 69.8 cm³/mol. The number of nitrogens with zero attached hydrogens (tertiary/aromatic N) is 2. The first-order valence-electron chi connectivity index (χ1n) is 6.41. The van der Waals surface area contributed by atoms with E-state index in [1.165, 1.54) is 16.8 Å². The molecule has 7 nitrogen and oxygen atoms in total. The van der Waals surface area contributed by atoms with Gasteiger partial charge in [-0.3, -0.25) is 18.7 Å². The van der Waals surface area contributed by atoms with E-state index in [9.17, 15) is 14.4 Å². The molecule has 1 heterocycles. The van der Waals surface area contributed by atoms with E-state index in [1.54, 1.807) is 0 Å². The molecule has 1 aliphatic carbocycles. The largest absolute Gasteiger partial charge is 0.352 e. The highest BCUT2D eigenvalue weighted by atomic mass is 16.2. The van der Waals surface area contributed by atoms with E-state index in [0.29, 0.717) is 13.0 Å². The van der Waals surface area contributed by atoms with Crippen LogP contribution >= 0.6 is 0 Å². The third-order valence-corrected chi connectivity index (χ3v) is 2.98. The second kappa shape index (κ2) is 5.83. The van der Waals surface area contributed by atoms with E-state index in [4.69, 9.17) is 5.73 Å². The van der Waals surface area contributed by atoms with Crippen LogP contribution in [0, 0.1) is 0 Å². The quantitative estimate of drug-likeness (QED) is 0.664. The van der Waals surface area contributed by atoms with Crippen LogP contribution in [-0.2, 0) is 17.9 Å². The molecule has 1 aromatic rings. The zero-order valence-electron chi connectivity index (χ0n) is 10.7. The number of amides is 1. The molecular weight excluding hydrogens is 248 g/mol. The smallest absolute Gasteiger partial charge is 0.331 e. The molecule has 1 saturated carbocycles. The highest BCUT2D eigenvalue weighted by molar-refractivity contribution is 5.76. The van der Waals surface area contributed by atoms with Gasteiger partial charge in [0.1, 0.15) is 6.54 Å². The van der Waals surface area contributed by atoms with Crippen LogP contribution < -0.4 is 22.3 Å². The molecule has 7 heteroatoms. The van der Waals surface area contributed by atoms with Gasteiger partial charge in [0.05, 0.1) is 0 Å². The average molecular weight is 266 g/mol. The molecule has 1 aliphatic rings. The Bertz CT molecular complexity index is 571. The van der Waals surface area contributed by atoms with E-state index in [-0.39, 0.29) is 30.6 Å². The Labute approximate surface area is 110 Å². The highest BCUT2D eigenvalue weighted by Gasteiger charge is 2.23. The Morgan fingerprint density at radius 3 is 2.79 bits per heavy atom. The lowest BCUT2D eigenvalue weighted by Gasteiger charge is -2.09. The first-order chi connectivity index (χ1) is 9.11. The summed E-state index contributed by atoms with van der Waals surface area (Å²) in [5.74, 6) is -0.200. The summed E-state index contributed by atoms with van der Waals surface area (Å²) in [5, 5.41) is 2.80. The number of carbonyl (C=O) groups excluding carboxylic acids is 1. The molecule has 0 saturated heterocycles. The number of nitrogens with one attached hydrogen (secondary N) is 1. The Kier molecular flexibility index (Phi) is 4.16. The molecule has 1 amide bonds. The summed E-state index contributed by atoms with van der Waals surface area (Å²) in [4.78, 5) is 35.3. The van der Waals surface area contributed by atoms with Crippen LogP contribution in [0.3, 0.4) is 0 Å². The maximum absolute atomic E-state index is 12.0. The maximum Gasteiger partial charge on any atom is 0.331 e. The van der Waals surface area contributed by atoms with Crippen molar-refractivity contribution in [1.29, 1.82) is 0 Å². The Morgan fingerprint density at radius 1 is 1.42 bits per heavy atom. The lowest BCUT2D eigenvalue weighted by atomic mass is 10.4. The first-order valence-corrected chi connectivity index (χ1v) is 6.41. The topological polar surface area (TPSA) is 99.1 Å². The van der Waals surface area contributed by atoms with Gasteiger partial charge in [-0.25, -0.2) is 4.79 Å². The molecule has 2 rings (SSSR count). The van der Waals surface area contributed by atoms with E-state index >= 15 is 0 Å². The van der Waals surface area contributed by atoms with E-state index in [2.05, 4.69) is 5.32 Å². The molecule has 0 bridgehead atoms. The fraction of sp³-hybridized carbons (Fsp3) is 0.583. The second-order valence-corrected chi connectivity index (χ2v) is 4.70. The van der Waals surface area contributed by atoms with E-state index in [1.807, 2.05) is 0 Å². The van der Waals surface area contributed by atoms with Gasteiger partial charge in [0.25, 0.3) is 5.56 Å². The molecule has 1 fully saturated rings. The van der Waals surface area contributed by atoms with Crippen molar-refractivity contribution in [3.63, 3.8) is 0 Å². The second-order valence-electron chi connectivity index (χ2n) is 4.70. The molecule has 0 atom stereocenters. The fourth-order valence-electron chi connectivity index (χ4n) is 1.79. The van der Waals surface area contributed by atoms with Gasteiger partial charge in [-0.15, -0.1) is 0 Å². The van der Waals surface area contributed by atoms with Gasteiger partial charge in [0.2, 0.25) is 5.91 Å². The SMILES string of the molecule is NCCCn1c(=O)ccn(CC(=O)NC2CC2)c1=O. The zero-order valence-corrected chi connectivity index (χ0v) is 10.7. The number of hydrogen-bond acceptors (Lipinski definition) is 4. The van der Waals surface area contributed by atoms with Gasteiger partial charge in [0.15, 0.2) is 0 Å². The Balaban J connectivity index is 2.13. The molecule has 0 unspecified atom stereocenters. The van der Waals surface area contributed by atoms with Crippen molar-refractivity contribution >= 4 is 5.91 Å². The van der Waals surface area contributed by atoms with Crippen LogP contribution in [0.4, 0.5) is 0 Å². The van der Waals surface area contributed by atoms with Crippen molar-refractivity contribution in [3.8, 4) is 0 Å². The summed E-state index contributed by atoms with van der Waals surface area (Å²) < 4.78 is 2.35. The normalized spacial score (nSPS) is 14.4. The number of carbonyl (C=O) groups is 1. The van der Waals surface area contributed by atoms with Crippen LogP contribution in [0.25, 0.3) is 0 Å². The van der Waals surface area contributed by atoms with Gasteiger partial charge >= 0.3 is 5.69 Å². The third kappa shape index (κ3) is 3.54. The van der Waals surface area contributed by atoms with Crippen molar-refractivity contribution < 1.29 is 4.79 Å². The van der Waals surface area contributed by atoms with Crippen molar-refractivity contribution in [2.75, 3.05) is 6.54 Å². The van der Waals surface area contributed by atoms with Crippen LogP contribution in [0.1, 0.15) is 19.3 Å². The highest BCUT2D eigenvalue weighted by Crippen LogP contribution is 2.18. The molecular formula is C12H18N4O3. The fourth-order valence-corrected chi connectivity index (χ4v) is 1.79. The minimum absolute atomic E-state index is 0.0573. The maximum atomic E-state index is 12.0. The van der Waals surface area contributed by atoms with Crippen LogP contribution in [0.5, 0.6) is 0 Å². The van der Waals surface area contributed by atoms with Gasteiger partial charge in [-0.2, -0.15) is 0 Å². The van der Waals surface area contributed by atoms with Crippen molar-refractivity contribution in [1.82, 2.24) is 14.5 Å². The van der Waals surface area contributed by atoms with Crippen LogP contribution in [0.15, 0.2) is 21.9 Å². The van der Waals surface area contributed by atoms with Gasteiger partial charge in [-0.05, 0) is 25.8 Å². The summed E-state index contributed by atoms with van der Waals surface area (Å²) in [6, 6.07) is 1.55. The summed E-state index contributed by atoms with van der Waals surface area (Å²) in [6.07, 6.45) is 3.90. The number of hydrogen-bond donors (Lipinski definition) is 2. The zero-order chi connectivity index (χ0) is 13.8. The molecule has 0 spiro atoms. The van der Waals surface area contributed by atoms with Crippen molar-refractivity contribution in [2.45, 2.75) is 38.4 Å². The van der Waals surface area contributed by atoms with Crippen LogP contribution in [0.2, 0.25) is 0 Å². The summed E-state index contributed by atoms with van der Waals surface area (Å²) in [7, 11) is 0. The molecule has 0 aromatic carbocycles. The Morgan fingerprint density at radius 2 is 2.16 bits per heavy atom. The molecule has 0 aliphatic heterocycles. The van der Waals surface area contributed by atoms with Gasteiger partial charge in [-0.1, -0.05) is 0 Å². The van der Waals surface area contributed by atoms with Crippen molar-refractivity contribution in [2.24, 2.45) is 5.73 Å². The number of aromatic nitrogens is 2. The molecule has 3 N–H and O–H groups in total. The minimum Gasteiger partial charge on any atom is -0.352 e. The summed E-state index contributed by atoms with van der Waals surface area (Å²) in [6.45, 7) is 0.625. The number of rotatable bonds is 6. The molecule has 1 aromatic heterocycles. The van der Waals surface area contributed by atoms with Gasteiger partial charge in [0, 0.05) is 24.8 Å². The minimum atomic E-state index is -0.466. The van der Waals surface area contributed by atoms with E-state index in [0.717, 1.165) is 17.4 Å². The summed E-state index contributed by atoms with van der Waals surface area (Å²) in [5.41, 5.74) is 4.54. The monoisotopic (exact) mass is 266 g/mol. The predicted octanol–water partition coefficient (Wildman–Crippen LogP) is -1.36. The first kappa shape index (κ1) is 13.5. The lowest BCUT2D eigenvalue weighted by Crippen LogP contribution is -2.42. The van der Waals surface area contributed by atoms with Crippen LogP contribution in [-0.4, -0.2) is 27.6 Å². The Hall–Kier alpha value is -1.89. The standard InChI is InChI=1S/C12H18N4O3/c13-5-1-6-16-11(18)4-7-15(12(16)19)8-10(17)14-9-2-3-9/h4,7,9H,1-3,5-6,8,13H2,(H,14,17). The summed E-state index contributed by atoms with van der Waals surface area (Å²) >= 11 is 0. The van der Waals surface area contributed by atoms with Crippen molar-refractivity contribution in [3.05, 3.63) is 33.1 Å². The molecule has 104 valence electrons. The lowest BCUT2D eigenvalue weighted by molar-refractivity contribution is -0.121. The van der Waals surface area contributed by atoms with Gasteiger partial charge < -0.3 is 11.1 Å². The number of nitrogens with two attached hydrogens (primary N) is 1.